The van der Waals surface area contributed by atoms with Crippen LogP contribution in [0.15, 0.2) is 65.9 Å². The number of carbonyl (C=O) groups is 1. The Morgan fingerprint density at radius 3 is 2.36 bits per heavy atom. The molecule has 1 atom stereocenters. The summed E-state index contributed by atoms with van der Waals surface area (Å²) in [6.45, 7) is 6.55. The minimum Gasteiger partial charge on any atom is -0.494 e. The molecule has 0 bridgehead atoms. The highest BCUT2D eigenvalue weighted by Crippen LogP contribution is 2.34. The van der Waals surface area contributed by atoms with Gasteiger partial charge in [-0.2, -0.15) is 0 Å². The Labute approximate surface area is 170 Å². The minimum absolute atomic E-state index is 0.307. The number of esters is 1. The lowest BCUT2D eigenvalue weighted by atomic mass is 9.94. The Bertz CT molecular complexity index is 878. The summed E-state index contributed by atoms with van der Waals surface area (Å²) >= 11 is 5.64. The molecule has 1 aliphatic rings. The van der Waals surface area contributed by atoms with Crippen LogP contribution in [0.5, 0.6) is 5.75 Å². The van der Waals surface area contributed by atoms with Gasteiger partial charge in [-0.25, -0.2) is 4.79 Å². The second kappa shape index (κ2) is 8.89. The third-order valence-electron chi connectivity index (χ3n) is 4.52. The highest BCUT2D eigenvalue weighted by Gasteiger charge is 2.35. The van der Waals surface area contributed by atoms with E-state index in [1.165, 1.54) is 0 Å². The van der Waals surface area contributed by atoms with E-state index in [-0.39, 0.29) is 12.0 Å². The molecule has 146 valence electrons. The van der Waals surface area contributed by atoms with Crippen LogP contribution in [0.3, 0.4) is 0 Å². The molecule has 1 aliphatic heterocycles. The monoisotopic (exact) mass is 396 g/mol. The van der Waals surface area contributed by atoms with Crippen LogP contribution in [0.4, 0.5) is 5.69 Å². The normalized spacial score (nSPS) is 16.6. The zero-order valence-corrected chi connectivity index (χ0v) is 17.1. The molecular formula is C22H24N2O3S. The maximum Gasteiger partial charge on any atom is 0.338 e. The first-order chi connectivity index (χ1) is 13.6. The number of hydrogen-bond acceptors (Lipinski definition) is 4. The van der Waals surface area contributed by atoms with Crippen molar-refractivity contribution in [3.05, 3.63) is 71.4 Å². The molecule has 2 aromatic rings. The number of benzene rings is 2. The molecule has 0 aromatic heterocycles. The van der Waals surface area contributed by atoms with Gasteiger partial charge in [0.25, 0.3) is 0 Å². The summed E-state index contributed by atoms with van der Waals surface area (Å²) in [4.78, 5) is 14.7. The Balaban J connectivity index is 2.05. The summed E-state index contributed by atoms with van der Waals surface area (Å²) in [5.74, 6) is 0.434. The van der Waals surface area contributed by atoms with Crippen LogP contribution in [0.25, 0.3) is 0 Å². The van der Waals surface area contributed by atoms with Gasteiger partial charge in [0.15, 0.2) is 5.11 Å². The third-order valence-corrected chi connectivity index (χ3v) is 4.82. The molecule has 5 nitrogen and oxygen atoms in total. The van der Waals surface area contributed by atoms with Crippen LogP contribution in [-0.4, -0.2) is 24.3 Å². The van der Waals surface area contributed by atoms with Crippen molar-refractivity contribution in [2.75, 3.05) is 18.1 Å². The molecule has 1 heterocycles. The number of ether oxygens (including phenoxy) is 2. The molecule has 1 N–H and O–H groups in total. The summed E-state index contributed by atoms with van der Waals surface area (Å²) in [6, 6.07) is 17.0. The van der Waals surface area contributed by atoms with E-state index in [1.807, 2.05) is 73.3 Å². The zero-order valence-electron chi connectivity index (χ0n) is 16.3. The fourth-order valence-corrected chi connectivity index (χ4v) is 3.64. The molecule has 0 aliphatic carbocycles. The minimum atomic E-state index is -0.387. The molecule has 28 heavy (non-hydrogen) atoms. The number of nitrogens with zero attached hydrogens (tertiary/aromatic N) is 1. The van der Waals surface area contributed by atoms with Crippen molar-refractivity contribution in [3.63, 3.8) is 0 Å². The Hall–Kier alpha value is -2.86. The molecule has 1 unspecified atom stereocenters. The van der Waals surface area contributed by atoms with Crippen molar-refractivity contribution in [2.45, 2.75) is 26.8 Å². The van der Waals surface area contributed by atoms with Gasteiger partial charge in [0.1, 0.15) is 5.75 Å². The smallest absolute Gasteiger partial charge is 0.338 e. The SMILES string of the molecule is CCOC(=O)C1=C(C)N(c2ccccc2)C(=S)NC1c1ccc(OCC)cc1. The van der Waals surface area contributed by atoms with Crippen LogP contribution in [0, 0.1) is 0 Å². The van der Waals surface area contributed by atoms with Gasteiger partial charge < -0.3 is 14.8 Å². The van der Waals surface area contributed by atoms with Crippen molar-refractivity contribution in [2.24, 2.45) is 0 Å². The Morgan fingerprint density at radius 1 is 1.07 bits per heavy atom. The predicted molar refractivity (Wildman–Crippen MR) is 114 cm³/mol. The van der Waals surface area contributed by atoms with Crippen molar-refractivity contribution in [1.29, 1.82) is 0 Å². The number of anilines is 1. The van der Waals surface area contributed by atoms with Gasteiger partial charge in [-0.15, -0.1) is 0 Å². The number of allylic oxidation sites excluding steroid dienone is 1. The van der Waals surface area contributed by atoms with Crippen molar-refractivity contribution in [1.82, 2.24) is 5.32 Å². The second-order valence-electron chi connectivity index (χ2n) is 6.28. The van der Waals surface area contributed by atoms with Gasteiger partial charge in [0.2, 0.25) is 0 Å². The first-order valence-electron chi connectivity index (χ1n) is 9.33. The van der Waals surface area contributed by atoms with Gasteiger partial charge in [-0.05, 0) is 62.8 Å². The quantitative estimate of drug-likeness (QED) is 0.578. The number of hydrogen-bond donors (Lipinski definition) is 1. The molecule has 0 saturated carbocycles. The molecular weight excluding hydrogens is 372 g/mol. The number of rotatable bonds is 6. The third kappa shape index (κ3) is 4.02. The van der Waals surface area contributed by atoms with E-state index in [9.17, 15) is 4.79 Å². The van der Waals surface area contributed by atoms with Gasteiger partial charge in [-0.1, -0.05) is 30.3 Å². The van der Waals surface area contributed by atoms with E-state index in [0.29, 0.717) is 23.9 Å². The predicted octanol–water partition coefficient (Wildman–Crippen LogP) is 4.36. The lowest BCUT2D eigenvalue weighted by molar-refractivity contribution is -0.139. The molecule has 0 fully saturated rings. The molecule has 2 aromatic carbocycles. The van der Waals surface area contributed by atoms with Gasteiger partial charge in [0.05, 0.1) is 24.8 Å². The van der Waals surface area contributed by atoms with Crippen molar-refractivity contribution in [3.8, 4) is 5.75 Å². The average molecular weight is 397 g/mol. The number of para-hydroxylation sites is 1. The largest absolute Gasteiger partial charge is 0.494 e. The molecule has 0 radical (unpaired) electrons. The van der Waals surface area contributed by atoms with Crippen LogP contribution in [0.1, 0.15) is 32.4 Å². The average Bonchev–Trinajstić information content (AvgIpc) is 2.69. The fourth-order valence-electron chi connectivity index (χ4n) is 3.28. The summed E-state index contributed by atoms with van der Waals surface area (Å²) in [7, 11) is 0. The topological polar surface area (TPSA) is 50.8 Å². The Kier molecular flexibility index (Phi) is 6.31. The fraction of sp³-hybridized carbons (Fsp3) is 0.273. The lowest BCUT2D eigenvalue weighted by Gasteiger charge is -2.37. The number of thiocarbonyl (C=S) groups is 1. The highest BCUT2D eigenvalue weighted by atomic mass is 32.1. The van der Waals surface area contributed by atoms with Gasteiger partial charge in [0, 0.05) is 11.4 Å². The number of nitrogens with one attached hydrogen (secondary N) is 1. The van der Waals surface area contributed by atoms with Crippen LogP contribution in [-0.2, 0) is 9.53 Å². The lowest BCUT2D eigenvalue weighted by Crippen LogP contribution is -2.48. The zero-order chi connectivity index (χ0) is 20.1. The van der Waals surface area contributed by atoms with Gasteiger partial charge >= 0.3 is 5.97 Å². The first kappa shape index (κ1) is 19.9. The van der Waals surface area contributed by atoms with E-state index in [2.05, 4.69) is 5.32 Å². The molecule has 0 saturated heterocycles. The van der Waals surface area contributed by atoms with Crippen molar-refractivity contribution < 1.29 is 14.3 Å². The maximum absolute atomic E-state index is 12.8. The molecule has 0 spiro atoms. The van der Waals surface area contributed by atoms with Crippen LogP contribution in [0.2, 0.25) is 0 Å². The van der Waals surface area contributed by atoms with E-state index >= 15 is 0 Å². The number of carbonyl (C=O) groups excluding carboxylic acids is 1. The molecule has 0 amide bonds. The first-order valence-corrected chi connectivity index (χ1v) is 9.74. The second-order valence-corrected chi connectivity index (χ2v) is 6.66. The van der Waals surface area contributed by atoms with Crippen LogP contribution < -0.4 is 15.0 Å². The molecule has 3 rings (SSSR count). The summed E-state index contributed by atoms with van der Waals surface area (Å²) in [6.07, 6.45) is 0. The summed E-state index contributed by atoms with van der Waals surface area (Å²) < 4.78 is 10.9. The standard InChI is InChI=1S/C22H24N2O3S/c1-4-26-18-13-11-16(12-14-18)20-19(21(25)27-5-2)15(3)24(22(28)23-20)17-9-7-6-8-10-17/h6-14,20H,4-5H2,1-3H3,(H,23,28). The van der Waals surface area contributed by atoms with Crippen LogP contribution >= 0.6 is 12.2 Å². The summed E-state index contributed by atoms with van der Waals surface area (Å²) in [5.41, 5.74) is 3.11. The van der Waals surface area contributed by atoms with E-state index in [0.717, 1.165) is 22.7 Å². The molecule has 6 heteroatoms. The highest BCUT2D eigenvalue weighted by molar-refractivity contribution is 7.80. The van der Waals surface area contributed by atoms with Gasteiger partial charge in [-0.3, -0.25) is 4.90 Å². The Morgan fingerprint density at radius 2 is 1.75 bits per heavy atom. The van der Waals surface area contributed by atoms with E-state index in [1.54, 1.807) is 6.92 Å². The van der Waals surface area contributed by atoms with Crippen molar-refractivity contribution >= 4 is 29.0 Å². The maximum atomic E-state index is 12.8. The summed E-state index contributed by atoms with van der Waals surface area (Å²) in [5, 5.41) is 3.85. The van der Waals surface area contributed by atoms with E-state index < -0.39 is 0 Å². The van der Waals surface area contributed by atoms with E-state index in [4.69, 9.17) is 21.7 Å².